The van der Waals surface area contributed by atoms with Crippen molar-refractivity contribution in [1.29, 1.82) is 0 Å². The van der Waals surface area contributed by atoms with Gasteiger partial charge in [-0.3, -0.25) is 0 Å². The van der Waals surface area contributed by atoms with Gasteiger partial charge in [-0.25, -0.2) is 0 Å². The highest BCUT2D eigenvalue weighted by atomic mass is 35.5. The lowest BCUT2D eigenvalue weighted by atomic mass is 10.1. The van der Waals surface area contributed by atoms with Gasteiger partial charge in [0, 0.05) is 5.02 Å². The standard InChI is InChI=1S/C16H18ClNO2/c1-19-15-5-6-16(13(10-15)7-8-18)20-11-12-3-2-4-14(17)9-12/h2-6,9-10H,7-8,11,18H2,1H3. The highest BCUT2D eigenvalue weighted by Crippen LogP contribution is 2.25. The lowest BCUT2D eigenvalue weighted by Gasteiger charge is -2.12. The van der Waals surface area contributed by atoms with Crippen LogP contribution in [0.5, 0.6) is 11.5 Å². The summed E-state index contributed by atoms with van der Waals surface area (Å²) < 4.78 is 11.1. The molecule has 0 bridgehead atoms. The smallest absolute Gasteiger partial charge is 0.123 e. The van der Waals surface area contributed by atoms with Gasteiger partial charge in [-0.1, -0.05) is 23.7 Å². The van der Waals surface area contributed by atoms with E-state index in [1.54, 1.807) is 7.11 Å². The maximum Gasteiger partial charge on any atom is 0.123 e. The third kappa shape index (κ3) is 3.89. The second kappa shape index (κ2) is 7.17. The predicted octanol–water partition coefficient (Wildman–Crippen LogP) is 3.43. The molecule has 0 unspecified atom stereocenters. The van der Waals surface area contributed by atoms with Gasteiger partial charge in [0.25, 0.3) is 0 Å². The van der Waals surface area contributed by atoms with Crippen molar-refractivity contribution in [2.24, 2.45) is 5.73 Å². The van der Waals surface area contributed by atoms with E-state index in [1.807, 2.05) is 42.5 Å². The van der Waals surface area contributed by atoms with Crippen molar-refractivity contribution < 1.29 is 9.47 Å². The van der Waals surface area contributed by atoms with Crippen LogP contribution in [0.2, 0.25) is 5.02 Å². The maximum absolute atomic E-state index is 5.96. The molecule has 106 valence electrons. The summed E-state index contributed by atoms with van der Waals surface area (Å²) in [7, 11) is 1.65. The first-order valence-electron chi connectivity index (χ1n) is 6.47. The fourth-order valence-electron chi connectivity index (χ4n) is 1.96. The molecule has 3 nitrogen and oxygen atoms in total. The van der Waals surface area contributed by atoms with Gasteiger partial charge < -0.3 is 15.2 Å². The van der Waals surface area contributed by atoms with Gasteiger partial charge in [-0.2, -0.15) is 0 Å². The molecule has 0 saturated heterocycles. The number of halogens is 1. The van der Waals surface area contributed by atoms with Crippen LogP contribution in [0.15, 0.2) is 42.5 Å². The van der Waals surface area contributed by atoms with Crippen LogP contribution in [0.1, 0.15) is 11.1 Å². The largest absolute Gasteiger partial charge is 0.497 e. The van der Waals surface area contributed by atoms with E-state index in [0.29, 0.717) is 18.2 Å². The fourth-order valence-corrected chi connectivity index (χ4v) is 2.18. The zero-order valence-electron chi connectivity index (χ0n) is 11.4. The van der Waals surface area contributed by atoms with E-state index >= 15 is 0 Å². The Balaban J connectivity index is 2.12. The number of nitrogens with two attached hydrogens (primary N) is 1. The van der Waals surface area contributed by atoms with E-state index in [9.17, 15) is 0 Å². The van der Waals surface area contributed by atoms with E-state index in [-0.39, 0.29) is 0 Å². The quantitative estimate of drug-likeness (QED) is 0.887. The van der Waals surface area contributed by atoms with Crippen molar-refractivity contribution >= 4 is 11.6 Å². The predicted molar refractivity (Wildman–Crippen MR) is 81.5 cm³/mol. The van der Waals surface area contributed by atoms with Crippen molar-refractivity contribution in [1.82, 2.24) is 0 Å². The minimum atomic E-state index is 0.477. The number of hydrogen-bond acceptors (Lipinski definition) is 3. The highest BCUT2D eigenvalue weighted by molar-refractivity contribution is 6.30. The first kappa shape index (κ1) is 14.7. The van der Waals surface area contributed by atoms with Crippen molar-refractivity contribution in [3.8, 4) is 11.5 Å². The van der Waals surface area contributed by atoms with E-state index in [0.717, 1.165) is 29.0 Å². The molecule has 0 aromatic heterocycles. The number of methoxy groups -OCH3 is 1. The van der Waals surface area contributed by atoms with Crippen molar-refractivity contribution in [3.63, 3.8) is 0 Å². The molecule has 2 aromatic carbocycles. The molecule has 0 saturated carbocycles. The van der Waals surface area contributed by atoms with Gasteiger partial charge >= 0.3 is 0 Å². The molecule has 0 fully saturated rings. The molecular weight excluding hydrogens is 274 g/mol. The molecule has 20 heavy (non-hydrogen) atoms. The lowest BCUT2D eigenvalue weighted by Crippen LogP contribution is -2.06. The summed E-state index contributed by atoms with van der Waals surface area (Å²) >= 11 is 5.96. The summed E-state index contributed by atoms with van der Waals surface area (Å²) in [6.45, 7) is 1.05. The molecule has 2 N–H and O–H groups in total. The van der Waals surface area contributed by atoms with E-state index < -0.39 is 0 Å². The monoisotopic (exact) mass is 291 g/mol. The molecular formula is C16H18ClNO2. The third-order valence-electron chi connectivity index (χ3n) is 2.96. The zero-order valence-corrected chi connectivity index (χ0v) is 12.2. The summed E-state index contributed by atoms with van der Waals surface area (Å²) in [5.74, 6) is 1.64. The van der Waals surface area contributed by atoms with Crippen molar-refractivity contribution in [2.45, 2.75) is 13.0 Å². The molecule has 0 atom stereocenters. The van der Waals surface area contributed by atoms with E-state index in [2.05, 4.69) is 0 Å². The zero-order chi connectivity index (χ0) is 14.4. The van der Waals surface area contributed by atoms with Crippen LogP contribution in [-0.2, 0) is 13.0 Å². The Morgan fingerprint density at radius 1 is 1.15 bits per heavy atom. The summed E-state index contributed by atoms with van der Waals surface area (Å²) in [4.78, 5) is 0. The number of hydrogen-bond donors (Lipinski definition) is 1. The van der Waals surface area contributed by atoms with Gasteiger partial charge in [0.15, 0.2) is 0 Å². The third-order valence-corrected chi connectivity index (χ3v) is 3.20. The molecule has 2 rings (SSSR count). The van der Waals surface area contributed by atoms with Crippen LogP contribution in [0.3, 0.4) is 0 Å². The normalized spacial score (nSPS) is 10.3. The van der Waals surface area contributed by atoms with Gasteiger partial charge in [0.2, 0.25) is 0 Å². The van der Waals surface area contributed by atoms with Crippen LogP contribution in [0.4, 0.5) is 0 Å². The average molecular weight is 292 g/mol. The second-order valence-corrected chi connectivity index (χ2v) is 4.87. The number of rotatable bonds is 6. The van der Waals surface area contributed by atoms with E-state index in [4.69, 9.17) is 26.8 Å². The number of ether oxygens (including phenoxy) is 2. The van der Waals surface area contributed by atoms with Crippen LogP contribution in [0.25, 0.3) is 0 Å². The fraction of sp³-hybridized carbons (Fsp3) is 0.250. The molecule has 0 aliphatic carbocycles. The summed E-state index contributed by atoms with van der Waals surface area (Å²) in [5.41, 5.74) is 7.72. The molecule has 0 spiro atoms. The Morgan fingerprint density at radius 3 is 2.70 bits per heavy atom. The molecule has 2 aromatic rings. The summed E-state index contributed by atoms with van der Waals surface area (Å²) in [5, 5.41) is 0.711. The van der Waals surface area contributed by atoms with Crippen LogP contribution < -0.4 is 15.2 Å². The lowest BCUT2D eigenvalue weighted by molar-refractivity contribution is 0.302. The Labute approximate surface area is 124 Å². The number of benzene rings is 2. The van der Waals surface area contributed by atoms with Gasteiger partial charge in [0.1, 0.15) is 18.1 Å². The Kier molecular flexibility index (Phi) is 5.27. The molecule has 0 amide bonds. The highest BCUT2D eigenvalue weighted by Gasteiger charge is 2.06. The van der Waals surface area contributed by atoms with Crippen LogP contribution in [-0.4, -0.2) is 13.7 Å². The Morgan fingerprint density at radius 2 is 2.00 bits per heavy atom. The molecule has 0 heterocycles. The van der Waals surface area contributed by atoms with Gasteiger partial charge in [0.05, 0.1) is 7.11 Å². The SMILES string of the molecule is COc1ccc(OCc2cccc(Cl)c2)c(CCN)c1. The van der Waals surface area contributed by atoms with Crippen LogP contribution >= 0.6 is 11.6 Å². The molecule has 0 aliphatic heterocycles. The van der Waals surface area contributed by atoms with Gasteiger partial charge in [-0.15, -0.1) is 0 Å². The minimum absolute atomic E-state index is 0.477. The Bertz CT molecular complexity index is 572. The van der Waals surface area contributed by atoms with Gasteiger partial charge in [-0.05, 0) is 54.4 Å². The topological polar surface area (TPSA) is 44.5 Å². The Hall–Kier alpha value is -1.71. The molecule has 4 heteroatoms. The molecule has 0 aliphatic rings. The second-order valence-electron chi connectivity index (χ2n) is 4.43. The summed E-state index contributed by atoms with van der Waals surface area (Å²) in [6.07, 6.45) is 0.752. The van der Waals surface area contributed by atoms with Crippen molar-refractivity contribution in [3.05, 3.63) is 58.6 Å². The summed E-state index contributed by atoms with van der Waals surface area (Å²) in [6, 6.07) is 13.4. The maximum atomic E-state index is 5.96. The van der Waals surface area contributed by atoms with Crippen LogP contribution in [0, 0.1) is 0 Å². The minimum Gasteiger partial charge on any atom is -0.497 e. The molecule has 0 radical (unpaired) electrons. The average Bonchev–Trinajstić information content (AvgIpc) is 2.46. The van der Waals surface area contributed by atoms with Crippen molar-refractivity contribution in [2.75, 3.05) is 13.7 Å². The first-order valence-corrected chi connectivity index (χ1v) is 6.85. The first-order chi connectivity index (χ1) is 9.72. The van der Waals surface area contributed by atoms with E-state index in [1.165, 1.54) is 0 Å².